The van der Waals surface area contributed by atoms with Gasteiger partial charge < -0.3 is 10.1 Å². The summed E-state index contributed by atoms with van der Waals surface area (Å²) in [6.07, 6.45) is 0. The van der Waals surface area contributed by atoms with Crippen molar-refractivity contribution in [3.8, 4) is 5.75 Å². The molecular weight excluding hydrogens is 468 g/mol. The fourth-order valence-corrected chi connectivity index (χ4v) is 4.27. The Labute approximate surface area is 184 Å². The highest BCUT2D eigenvalue weighted by Crippen LogP contribution is 2.27. The number of ether oxygens (including phenoxy) is 1. The Morgan fingerprint density at radius 2 is 1.67 bits per heavy atom. The minimum absolute atomic E-state index is 0.115. The van der Waals surface area contributed by atoms with E-state index >= 15 is 0 Å². The number of hydrogen-bond acceptors (Lipinski definition) is 4. The molecule has 0 spiro atoms. The van der Waals surface area contributed by atoms with E-state index in [4.69, 9.17) is 4.74 Å². The lowest BCUT2D eigenvalue weighted by Crippen LogP contribution is -2.23. The van der Waals surface area contributed by atoms with E-state index in [1.807, 2.05) is 31.2 Å². The van der Waals surface area contributed by atoms with Crippen molar-refractivity contribution in [3.05, 3.63) is 87.9 Å². The first-order valence-corrected chi connectivity index (χ1v) is 11.4. The fraction of sp³-hybridized carbons (Fsp3) is 0.136. The van der Waals surface area contributed by atoms with Gasteiger partial charge in [0.15, 0.2) is 0 Å². The van der Waals surface area contributed by atoms with Crippen LogP contribution in [0.25, 0.3) is 0 Å². The molecule has 0 radical (unpaired) electrons. The highest BCUT2D eigenvalue weighted by Gasteiger charge is 2.22. The molecule has 0 aliphatic carbocycles. The zero-order valence-corrected chi connectivity index (χ0v) is 18.9. The molecular formula is C22H21BrN2O4S. The molecule has 1 amide bonds. The van der Waals surface area contributed by atoms with Gasteiger partial charge in [0.25, 0.3) is 15.9 Å². The van der Waals surface area contributed by atoms with E-state index in [0.29, 0.717) is 12.2 Å². The quantitative estimate of drug-likeness (QED) is 0.512. The van der Waals surface area contributed by atoms with Gasteiger partial charge in [0.1, 0.15) is 10.6 Å². The Morgan fingerprint density at radius 3 is 2.30 bits per heavy atom. The van der Waals surface area contributed by atoms with Crippen LogP contribution in [-0.4, -0.2) is 21.4 Å². The minimum Gasteiger partial charge on any atom is -0.495 e. The van der Waals surface area contributed by atoms with Crippen LogP contribution in [0.1, 0.15) is 21.5 Å². The summed E-state index contributed by atoms with van der Waals surface area (Å²) in [5.41, 5.74) is 2.70. The van der Waals surface area contributed by atoms with Gasteiger partial charge in [0.05, 0.1) is 7.11 Å². The number of benzene rings is 3. The number of anilines is 1. The Kier molecular flexibility index (Phi) is 6.79. The summed E-state index contributed by atoms with van der Waals surface area (Å²) in [7, 11) is -2.59. The zero-order valence-electron chi connectivity index (χ0n) is 16.5. The first-order chi connectivity index (χ1) is 14.3. The van der Waals surface area contributed by atoms with Gasteiger partial charge in [0.2, 0.25) is 0 Å². The minimum atomic E-state index is -3.97. The van der Waals surface area contributed by atoms with Gasteiger partial charge in [-0.3, -0.25) is 9.52 Å². The van der Waals surface area contributed by atoms with E-state index in [-0.39, 0.29) is 22.1 Å². The summed E-state index contributed by atoms with van der Waals surface area (Å²) in [5, 5.41) is 2.81. The summed E-state index contributed by atoms with van der Waals surface area (Å²) in [5.74, 6) is -0.229. The highest BCUT2D eigenvalue weighted by atomic mass is 79.9. The Balaban J connectivity index is 1.82. The number of hydrogen-bond donors (Lipinski definition) is 2. The molecule has 3 aromatic rings. The lowest BCUT2D eigenvalue weighted by Gasteiger charge is -2.13. The summed E-state index contributed by atoms with van der Waals surface area (Å²) in [6.45, 7) is 2.33. The number of carbonyl (C=O) groups is 1. The number of sulfonamides is 1. The molecule has 0 aromatic heterocycles. The Bertz CT molecular complexity index is 1140. The molecule has 30 heavy (non-hydrogen) atoms. The van der Waals surface area contributed by atoms with Gasteiger partial charge in [-0.15, -0.1) is 0 Å². The van der Waals surface area contributed by atoms with Crippen LogP contribution in [0.5, 0.6) is 5.75 Å². The summed E-state index contributed by atoms with van der Waals surface area (Å²) < 4.78 is 34.4. The maximum atomic E-state index is 12.9. The lowest BCUT2D eigenvalue weighted by atomic mass is 10.1. The standard InChI is InChI=1S/C22H21BrN2O4S/c1-15-3-5-16(6-4-15)14-24-22(26)17-7-12-20(29-2)21(13-17)30(27,28)25-19-10-8-18(23)9-11-19/h3-13,25H,14H2,1-2H3,(H,24,26). The molecule has 0 aliphatic rings. The van der Waals surface area contributed by atoms with Crippen molar-refractivity contribution in [3.63, 3.8) is 0 Å². The number of nitrogens with one attached hydrogen (secondary N) is 2. The Morgan fingerprint density at radius 1 is 1.00 bits per heavy atom. The van der Waals surface area contributed by atoms with Crippen molar-refractivity contribution in [2.24, 2.45) is 0 Å². The first-order valence-electron chi connectivity index (χ1n) is 9.08. The second-order valence-corrected chi connectivity index (χ2v) is 9.21. The van der Waals surface area contributed by atoms with Crippen LogP contribution >= 0.6 is 15.9 Å². The third-order valence-electron chi connectivity index (χ3n) is 4.39. The van der Waals surface area contributed by atoms with Crippen LogP contribution in [-0.2, 0) is 16.6 Å². The lowest BCUT2D eigenvalue weighted by molar-refractivity contribution is 0.0950. The molecule has 0 aliphatic heterocycles. The van der Waals surface area contributed by atoms with Gasteiger partial charge in [-0.25, -0.2) is 8.42 Å². The van der Waals surface area contributed by atoms with Crippen molar-refractivity contribution < 1.29 is 17.9 Å². The number of rotatable bonds is 7. The second kappa shape index (κ2) is 9.32. The fourth-order valence-electron chi connectivity index (χ4n) is 2.75. The summed E-state index contributed by atoms with van der Waals surface area (Å²) in [6, 6.07) is 18.8. The van der Waals surface area contributed by atoms with Crippen molar-refractivity contribution in [2.75, 3.05) is 11.8 Å². The molecule has 0 saturated carbocycles. The summed E-state index contributed by atoms with van der Waals surface area (Å²) in [4.78, 5) is 12.5. The van der Waals surface area contributed by atoms with Gasteiger partial charge >= 0.3 is 0 Å². The van der Waals surface area contributed by atoms with E-state index in [0.717, 1.165) is 15.6 Å². The number of carbonyl (C=O) groups excluding carboxylic acids is 1. The zero-order chi connectivity index (χ0) is 21.7. The third-order valence-corrected chi connectivity index (χ3v) is 6.32. The molecule has 8 heteroatoms. The second-order valence-electron chi connectivity index (χ2n) is 6.65. The Hall–Kier alpha value is -2.84. The maximum absolute atomic E-state index is 12.9. The van der Waals surface area contributed by atoms with Gasteiger partial charge in [-0.1, -0.05) is 45.8 Å². The van der Waals surface area contributed by atoms with E-state index in [2.05, 4.69) is 26.0 Å². The first kappa shape index (κ1) is 21.9. The van der Waals surface area contributed by atoms with E-state index in [1.165, 1.54) is 25.3 Å². The number of amides is 1. The van der Waals surface area contributed by atoms with Gasteiger partial charge in [-0.05, 0) is 55.0 Å². The topological polar surface area (TPSA) is 84.5 Å². The maximum Gasteiger partial charge on any atom is 0.265 e. The average molecular weight is 489 g/mol. The van der Waals surface area contributed by atoms with Crippen LogP contribution < -0.4 is 14.8 Å². The van der Waals surface area contributed by atoms with Gasteiger partial charge in [0, 0.05) is 22.3 Å². The summed E-state index contributed by atoms with van der Waals surface area (Å²) >= 11 is 3.31. The smallest absolute Gasteiger partial charge is 0.265 e. The molecule has 0 atom stereocenters. The number of halogens is 1. The van der Waals surface area contributed by atoms with Crippen LogP contribution in [0.4, 0.5) is 5.69 Å². The van der Waals surface area contributed by atoms with Crippen LogP contribution in [0.3, 0.4) is 0 Å². The number of methoxy groups -OCH3 is 1. The average Bonchev–Trinajstić information content (AvgIpc) is 2.74. The van der Waals surface area contributed by atoms with E-state index in [9.17, 15) is 13.2 Å². The molecule has 0 saturated heterocycles. The van der Waals surface area contributed by atoms with Crippen molar-refractivity contribution in [1.29, 1.82) is 0 Å². The molecule has 3 aromatic carbocycles. The predicted molar refractivity (Wildman–Crippen MR) is 120 cm³/mol. The monoisotopic (exact) mass is 488 g/mol. The molecule has 156 valence electrons. The normalized spacial score (nSPS) is 11.0. The van der Waals surface area contributed by atoms with Crippen molar-refractivity contribution in [2.45, 2.75) is 18.4 Å². The highest BCUT2D eigenvalue weighted by molar-refractivity contribution is 9.10. The van der Waals surface area contributed by atoms with Crippen LogP contribution in [0, 0.1) is 6.92 Å². The van der Waals surface area contributed by atoms with Gasteiger partial charge in [-0.2, -0.15) is 0 Å². The third kappa shape index (κ3) is 5.40. The van der Waals surface area contributed by atoms with E-state index in [1.54, 1.807) is 24.3 Å². The molecule has 0 unspecified atom stereocenters. The van der Waals surface area contributed by atoms with Crippen molar-refractivity contribution >= 4 is 37.5 Å². The molecule has 0 heterocycles. The molecule has 2 N–H and O–H groups in total. The molecule has 6 nitrogen and oxygen atoms in total. The molecule has 0 fully saturated rings. The van der Waals surface area contributed by atoms with E-state index < -0.39 is 10.0 Å². The van der Waals surface area contributed by atoms with Crippen LogP contribution in [0.15, 0.2) is 76.1 Å². The predicted octanol–water partition coefficient (Wildman–Crippen LogP) is 4.50. The molecule has 0 bridgehead atoms. The molecule has 3 rings (SSSR count). The SMILES string of the molecule is COc1ccc(C(=O)NCc2ccc(C)cc2)cc1S(=O)(=O)Nc1ccc(Br)cc1. The number of aryl methyl sites for hydroxylation is 1. The largest absolute Gasteiger partial charge is 0.495 e. The van der Waals surface area contributed by atoms with Crippen molar-refractivity contribution in [1.82, 2.24) is 5.32 Å². The van der Waals surface area contributed by atoms with Crippen LogP contribution in [0.2, 0.25) is 0 Å².